The molecule has 3 rings (SSSR count). The molecule has 0 atom stereocenters. The van der Waals surface area contributed by atoms with E-state index in [1.807, 2.05) is 14.0 Å². The van der Waals surface area contributed by atoms with Gasteiger partial charge in [-0.2, -0.15) is 0 Å². The molecule has 3 aromatic rings. The van der Waals surface area contributed by atoms with Gasteiger partial charge in [0, 0.05) is 50.2 Å². The quantitative estimate of drug-likeness (QED) is 0.233. The summed E-state index contributed by atoms with van der Waals surface area (Å²) in [4.78, 5) is 8.76. The second kappa shape index (κ2) is 10.5. The lowest BCUT2D eigenvalue weighted by Gasteiger charge is -2.12. The van der Waals surface area contributed by atoms with Crippen LogP contribution in [0, 0.1) is 6.92 Å². The molecule has 0 fully saturated rings. The number of benzene rings is 1. The zero-order valence-electron chi connectivity index (χ0n) is 15.2. The third kappa shape index (κ3) is 5.70. The molecule has 2 aromatic heterocycles. The van der Waals surface area contributed by atoms with Crippen molar-refractivity contribution in [1.29, 1.82) is 0 Å². The van der Waals surface area contributed by atoms with Crippen LogP contribution in [0.4, 0.5) is 0 Å². The highest BCUT2D eigenvalue weighted by Crippen LogP contribution is 2.15. The lowest BCUT2D eigenvalue weighted by molar-refractivity contribution is 0.640. The van der Waals surface area contributed by atoms with Crippen molar-refractivity contribution in [3.05, 3.63) is 52.6 Å². The first kappa shape index (κ1) is 20.7. The van der Waals surface area contributed by atoms with Crippen molar-refractivity contribution >= 4 is 52.2 Å². The van der Waals surface area contributed by atoms with Gasteiger partial charge in [0.25, 0.3) is 0 Å². The fraction of sp³-hybridized carbons (Fsp3) is 0.368. The highest BCUT2D eigenvalue weighted by molar-refractivity contribution is 14.0. The summed E-state index contributed by atoms with van der Waals surface area (Å²) >= 11 is 1.70. The zero-order chi connectivity index (χ0) is 17.5. The van der Waals surface area contributed by atoms with Crippen molar-refractivity contribution in [3.8, 4) is 0 Å². The topological polar surface area (TPSA) is 54.2 Å². The monoisotopic (exact) mass is 483 g/mol. The molecule has 0 aliphatic carbocycles. The molecule has 0 saturated carbocycles. The molecular formula is C19H26IN5S. The minimum absolute atomic E-state index is 0. The lowest BCUT2D eigenvalue weighted by atomic mass is 10.2. The Morgan fingerprint density at radius 3 is 2.77 bits per heavy atom. The molecule has 0 amide bonds. The van der Waals surface area contributed by atoms with Crippen LogP contribution in [0.2, 0.25) is 0 Å². The second-order valence-electron chi connectivity index (χ2n) is 5.96. The standard InChI is InChI=1S/C19H25N5S.HI/c1-15-23-17(14-25-15)8-11-22-19(20-2)21-10-5-12-24-13-9-16-6-3-4-7-18(16)24;/h3-4,6-7,9,13-14H,5,8,10-12H2,1-2H3,(H2,20,21,22);1H. The summed E-state index contributed by atoms with van der Waals surface area (Å²) in [6.45, 7) is 4.76. The van der Waals surface area contributed by atoms with Gasteiger partial charge in [0.2, 0.25) is 0 Å². The molecule has 7 heteroatoms. The summed E-state index contributed by atoms with van der Waals surface area (Å²) in [5.41, 5.74) is 2.44. The molecule has 1 aromatic carbocycles. The third-order valence-corrected chi connectivity index (χ3v) is 4.93. The van der Waals surface area contributed by atoms with Crippen molar-refractivity contribution in [3.63, 3.8) is 0 Å². The Labute approximate surface area is 176 Å². The van der Waals surface area contributed by atoms with Gasteiger partial charge in [-0.3, -0.25) is 4.99 Å². The Morgan fingerprint density at radius 1 is 1.19 bits per heavy atom. The molecule has 2 heterocycles. The molecule has 140 valence electrons. The number of hydrogen-bond donors (Lipinski definition) is 2. The van der Waals surface area contributed by atoms with Gasteiger partial charge in [0.15, 0.2) is 5.96 Å². The van der Waals surface area contributed by atoms with Crippen molar-refractivity contribution in [2.75, 3.05) is 20.1 Å². The van der Waals surface area contributed by atoms with E-state index >= 15 is 0 Å². The summed E-state index contributed by atoms with van der Waals surface area (Å²) in [5, 5.41) is 11.3. The van der Waals surface area contributed by atoms with Gasteiger partial charge in [-0.25, -0.2) is 4.98 Å². The van der Waals surface area contributed by atoms with E-state index in [1.54, 1.807) is 11.3 Å². The number of fused-ring (bicyclic) bond motifs is 1. The van der Waals surface area contributed by atoms with Crippen LogP contribution in [-0.2, 0) is 13.0 Å². The predicted molar refractivity (Wildman–Crippen MR) is 122 cm³/mol. The smallest absolute Gasteiger partial charge is 0.190 e. The summed E-state index contributed by atoms with van der Waals surface area (Å²) in [6, 6.07) is 10.7. The highest BCUT2D eigenvalue weighted by atomic mass is 127. The molecule has 0 aliphatic rings. The van der Waals surface area contributed by atoms with E-state index < -0.39 is 0 Å². The van der Waals surface area contributed by atoms with Crippen LogP contribution in [0.5, 0.6) is 0 Å². The molecule has 2 N–H and O–H groups in total. The van der Waals surface area contributed by atoms with E-state index in [2.05, 4.69) is 67.1 Å². The van der Waals surface area contributed by atoms with Crippen LogP contribution in [0.1, 0.15) is 17.1 Å². The molecule has 0 spiro atoms. The number of aromatic nitrogens is 2. The fourth-order valence-corrected chi connectivity index (χ4v) is 3.49. The first-order chi connectivity index (χ1) is 12.3. The number of para-hydroxylation sites is 1. The van der Waals surface area contributed by atoms with Gasteiger partial charge in [-0.1, -0.05) is 18.2 Å². The number of rotatable bonds is 7. The average molecular weight is 483 g/mol. The SMILES string of the molecule is CN=C(NCCCn1ccc2ccccc21)NCCc1csc(C)n1.I. The summed E-state index contributed by atoms with van der Waals surface area (Å²) in [5.74, 6) is 0.851. The fourth-order valence-electron chi connectivity index (χ4n) is 2.84. The lowest BCUT2D eigenvalue weighted by Crippen LogP contribution is -2.39. The normalized spacial score (nSPS) is 11.4. The number of nitrogens with zero attached hydrogens (tertiary/aromatic N) is 3. The van der Waals surface area contributed by atoms with Crippen LogP contribution in [0.15, 0.2) is 46.9 Å². The Morgan fingerprint density at radius 2 is 2.00 bits per heavy atom. The van der Waals surface area contributed by atoms with Crippen LogP contribution in [-0.4, -0.2) is 35.6 Å². The Balaban J connectivity index is 0.00000243. The maximum absolute atomic E-state index is 4.48. The molecule has 5 nitrogen and oxygen atoms in total. The van der Waals surface area contributed by atoms with E-state index in [0.717, 1.165) is 49.1 Å². The van der Waals surface area contributed by atoms with Gasteiger partial charge in [-0.05, 0) is 30.9 Å². The van der Waals surface area contributed by atoms with Gasteiger partial charge < -0.3 is 15.2 Å². The van der Waals surface area contributed by atoms with Crippen LogP contribution >= 0.6 is 35.3 Å². The maximum atomic E-state index is 4.48. The summed E-state index contributed by atoms with van der Waals surface area (Å²) < 4.78 is 2.30. The van der Waals surface area contributed by atoms with Gasteiger partial charge in [-0.15, -0.1) is 35.3 Å². The number of aryl methyl sites for hydroxylation is 2. The first-order valence-electron chi connectivity index (χ1n) is 8.65. The van der Waals surface area contributed by atoms with Crippen molar-refractivity contribution in [2.24, 2.45) is 4.99 Å². The minimum atomic E-state index is 0. The van der Waals surface area contributed by atoms with Gasteiger partial charge in [0.1, 0.15) is 0 Å². The predicted octanol–water partition coefficient (Wildman–Crippen LogP) is 3.82. The molecule has 0 aliphatic heterocycles. The van der Waals surface area contributed by atoms with Crippen LogP contribution in [0.3, 0.4) is 0 Å². The second-order valence-corrected chi connectivity index (χ2v) is 7.02. The van der Waals surface area contributed by atoms with Crippen molar-refractivity contribution < 1.29 is 0 Å². The number of aliphatic imine (C=N–C) groups is 1. The Bertz CT molecular complexity index is 839. The maximum Gasteiger partial charge on any atom is 0.190 e. The minimum Gasteiger partial charge on any atom is -0.356 e. The molecule has 0 saturated heterocycles. The summed E-state index contributed by atoms with van der Waals surface area (Å²) in [6.07, 6.45) is 4.12. The number of guanidine groups is 1. The Kier molecular flexibility index (Phi) is 8.37. The molecular weight excluding hydrogens is 457 g/mol. The third-order valence-electron chi connectivity index (χ3n) is 4.11. The van der Waals surface area contributed by atoms with E-state index in [9.17, 15) is 0 Å². The van der Waals surface area contributed by atoms with Crippen molar-refractivity contribution in [2.45, 2.75) is 26.3 Å². The van der Waals surface area contributed by atoms with E-state index in [1.165, 1.54) is 10.9 Å². The van der Waals surface area contributed by atoms with Crippen molar-refractivity contribution in [1.82, 2.24) is 20.2 Å². The van der Waals surface area contributed by atoms with E-state index in [0.29, 0.717) is 0 Å². The van der Waals surface area contributed by atoms with Gasteiger partial charge >= 0.3 is 0 Å². The number of thiazole rings is 1. The largest absolute Gasteiger partial charge is 0.356 e. The highest BCUT2D eigenvalue weighted by Gasteiger charge is 2.02. The van der Waals surface area contributed by atoms with Crippen LogP contribution in [0.25, 0.3) is 10.9 Å². The molecule has 0 unspecified atom stereocenters. The Hall–Kier alpha value is -1.61. The van der Waals surface area contributed by atoms with Crippen LogP contribution < -0.4 is 10.6 Å². The molecule has 0 radical (unpaired) electrons. The van der Waals surface area contributed by atoms with Gasteiger partial charge in [0.05, 0.1) is 10.7 Å². The number of nitrogens with one attached hydrogen (secondary N) is 2. The number of halogens is 1. The molecule has 26 heavy (non-hydrogen) atoms. The average Bonchev–Trinajstić information content (AvgIpc) is 3.23. The number of hydrogen-bond acceptors (Lipinski definition) is 3. The zero-order valence-corrected chi connectivity index (χ0v) is 18.4. The molecule has 0 bridgehead atoms. The summed E-state index contributed by atoms with van der Waals surface area (Å²) in [7, 11) is 1.81. The van der Waals surface area contributed by atoms with E-state index in [4.69, 9.17) is 0 Å². The van der Waals surface area contributed by atoms with E-state index in [-0.39, 0.29) is 24.0 Å². The first-order valence-corrected chi connectivity index (χ1v) is 9.53.